The van der Waals surface area contributed by atoms with Crippen molar-refractivity contribution in [2.75, 3.05) is 19.6 Å². The minimum absolute atomic E-state index is 0.382. The molecule has 3 fully saturated rings. The molecule has 1 heterocycles. The van der Waals surface area contributed by atoms with E-state index in [1.165, 1.54) is 45.2 Å². The number of rotatable bonds is 4. The fourth-order valence-electron chi connectivity index (χ4n) is 3.27. The van der Waals surface area contributed by atoms with Gasteiger partial charge in [0.05, 0.1) is 5.60 Å². The maximum atomic E-state index is 10.3. The highest BCUT2D eigenvalue weighted by Gasteiger charge is 2.36. The molecule has 1 aliphatic heterocycles. The minimum atomic E-state index is -0.382. The number of likely N-dealkylation sites (tertiary alicyclic amines) is 1. The molecule has 3 nitrogen and oxygen atoms in total. The van der Waals surface area contributed by atoms with Crippen LogP contribution in [0.2, 0.25) is 0 Å². The third-order valence-corrected chi connectivity index (χ3v) is 4.54. The number of nitrogens with zero attached hydrogens (tertiary/aromatic N) is 1. The zero-order valence-corrected chi connectivity index (χ0v) is 10.1. The topological polar surface area (TPSA) is 35.5 Å². The van der Waals surface area contributed by atoms with E-state index in [9.17, 15) is 5.11 Å². The van der Waals surface area contributed by atoms with Gasteiger partial charge in [-0.2, -0.15) is 0 Å². The molecular weight excluding hydrogens is 200 g/mol. The number of aliphatic hydroxyl groups is 1. The van der Waals surface area contributed by atoms with Gasteiger partial charge in [-0.3, -0.25) is 4.90 Å². The fourth-order valence-corrected chi connectivity index (χ4v) is 3.27. The maximum Gasteiger partial charge on any atom is 0.0771 e. The predicted octanol–water partition coefficient (Wildman–Crippen LogP) is 1.12. The van der Waals surface area contributed by atoms with Crippen LogP contribution in [-0.4, -0.2) is 47.3 Å². The summed E-state index contributed by atoms with van der Waals surface area (Å²) in [5.41, 5.74) is -0.382. The summed E-state index contributed by atoms with van der Waals surface area (Å²) in [6.07, 6.45) is 8.51. The van der Waals surface area contributed by atoms with Crippen LogP contribution in [-0.2, 0) is 0 Å². The van der Waals surface area contributed by atoms with Crippen molar-refractivity contribution in [2.24, 2.45) is 0 Å². The molecule has 0 aromatic heterocycles. The van der Waals surface area contributed by atoms with Crippen molar-refractivity contribution in [3.05, 3.63) is 0 Å². The Kier molecular flexibility index (Phi) is 2.94. The van der Waals surface area contributed by atoms with Crippen LogP contribution in [0.3, 0.4) is 0 Å². The maximum absolute atomic E-state index is 10.3. The molecule has 1 unspecified atom stereocenters. The largest absolute Gasteiger partial charge is 0.389 e. The molecule has 0 spiro atoms. The van der Waals surface area contributed by atoms with Gasteiger partial charge in [-0.1, -0.05) is 12.8 Å². The predicted molar refractivity (Wildman–Crippen MR) is 64.4 cm³/mol. The number of nitrogens with one attached hydrogen (secondary N) is 1. The van der Waals surface area contributed by atoms with Crippen molar-refractivity contribution in [2.45, 2.75) is 62.6 Å². The Hall–Kier alpha value is -0.120. The highest BCUT2D eigenvalue weighted by molar-refractivity contribution is 4.94. The molecule has 3 aliphatic rings. The molecule has 16 heavy (non-hydrogen) atoms. The minimum Gasteiger partial charge on any atom is -0.389 e. The second kappa shape index (κ2) is 4.28. The Labute approximate surface area is 98.2 Å². The number of hydrogen-bond donors (Lipinski definition) is 2. The van der Waals surface area contributed by atoms with E-state index in [0.29, 0.717) is 6.04 Å². The molecule has 0 radical (unpaired) electrons. The molecule has 0 bridgehead atoms. The van der Waals surface area contributed by atoms with Gasteiger partial charge in [-0.05, 0) is 32.1 Å². The second-order valence-electron chi connectivity index (χ2n) is 6.02. The molecule has 0 aromatic carbocycles. The average Bonchev–Trinajstić information content (AvgIpc) is 2.87. The normalized spacial score (nSPS) is 34.7. The van der Waals surface area contributed by atoms with E-state index < -0.39 is 0 Å². The van der Waals surface area contributed by atoms with Gasteiger partial charge in [-0.25, -0.2) is 0 Å². The lowest BCUT2D eigenvalue weighted by Gasteiger charge is -2.25. The summed E-state index contributed by atoms with van der Waals surface area (Å²) in [4.78, 5) is 2.62. The van der Waals surface area contributed by atoms with Crippen molar-refractivity contribution in [3.8, 4) is 0 Å². The number of hydrogen-bond acceptors (Lipinski definition) is 3. The van der Waals surface area contributed by atoms with Gasteiger partial charge in [-0.15, -0.1) is 0 Å². The van der Waals surface area contributed by atoms with E-state index in [4.69, 9.17) is 0 Å². The van der Waals surface area contributed by atoms with Crippen LogP contribution in [0.5, 0.6) is 0 Å². The molecule has 3 heteroatoms. The van der Waals surface area contributed by atoms with Gasteiger partial charge >= 0.3 is 0 Å². The third-order valence-electron chi connectivity index (χ3n) is 4.54. The van der Waals surface area contributed by atoms with Crippen LogP contribution < -0.4 is 5.32 Å². The summed E-state index contributed by atoms with van der Waals surface area (Å²) < 4.78 is 0. The van der Waals surface area contributed by atoms with Crippen LogP contribution in [0.1, 0.15) is 44.9 Å². The van der Waals surface area contributed by atoms with Gasteiger partial charge < -0.3 is 10.4 Å². The molecule has 92 valence electrons. The van der Waals surface area contributed by atoms with Crippen molar-refractivity contribution >= 4 is 0 Å². The zero-order chi connectivity index (χ0) is 11.0. The van der Waals surface area contributed by atoms with Crippen molar-refractivity contribution in [3.63, 3.8) is 0 Å². The SMILES string of the molecule is OC1(CNC2CCN(C3CC3)C2)CCCC1. The van der Waals surface area contributed by atoms with Gasteiger partial charge in [0, 0.05) is 31.7 Å². The van der Waals surface area contributed by atoms with Crippen LogP contribution in [0.25, 0.3) is 0 Å². The van der Waals surface area contributed by atoms with E-state index in [1.807, 2.05) is 0 Å². The summed E-state index contributed by atoms with van der Waals surface area (Å²) in [6, 6.07) is 1.53. The average molecular weight is 224 g/mol. The van der Waals surface area contributed by atoms with Gasteiger partial charge in [0.2, 0.25) is 0 Å². The first kappa shape index (κ1) is 11.0. The lowest BCUT2D eigenvalue weighted by molar-refractivity contribution is 0.0450. The lowest BCUT2D eigenvalue weighted by atomic mass is 10.0. The smallest absolute Gasteiger partial charge is 0.0771 e. The van der Waals surface area contributed by atoms with Crippen molar-refractivity contribution in [1.29, 1.82) is 0 Å². The second-order valence-corrected chi connectivity index (χ2v) is 6.02. The summed E-state index contributed by atoms with van der Waals surface area (Å²) in [5.74, 6) is 0. The standard InChI is InChI=1S/C13H24N2O/c16-13(6-1-2-7-13)10-14-11-5-8-15(9-11)12-3-4-12/h11-12,14,16H,1-10H2. The molecule has 2 N–H and O–H groups in total. The first-order valence-electron chi connectivity index (χ1n) is 6.95. The Bertz CT molecular complexity index is 246. The van der Waals surface area contributed by atoms with Gasteiger partial charge in [0.15, 0.2) is 0 Å². The van der Waals surface area contributed by atoms with Gasteiger partial charge in [0.25, 0.3) is 0 Å². The quantitative estimate of drug-likeness (QED) is 0.751. The lowest BCUT2D eigenvalue weighted by Crippen LogP contribution is -2.43. The Morgan fingerprint density at radius 2 is 1.94 bits per heavy atom. The molecule has 3 rings (SSSR count). The monoisotopic (exact) mass is 224 g/mol. The van der Waals surface area contributed by atoms with Crippen LogP contribution in [0, 0.1) is 0 Å². The molecule has 0 amide bonds. The summed E-state index contributed by atoms with van der Waals surface area (Å²) in [7, 11) is 0. The van der Waals surface area contributed by atoms with Gasteiger partial charge in [0.1, 0.15) is 0 Å². The fraction of sp³-hybridized carbons (Fsp3) is 1.00. The molecule has 0 aromatic rings. The van der Waals surface area contributed by atoms with Crippen LogP contribution >= 0.6 is 0 Å². The van der Waals surface area contributed by atoms with Crippen LogP contribution in [0.15, 0.2) is 0 Å². The Morgan fingerprint density at radius 1 is 1.19 bits per heavy atom. The Balaban J connectivity index is 1.42. The summed E-state index contributed by atoms with van der Waals surface area (Å²) in [5, 5.41) is 13.8. The van der Waals surface area contributed by atoms with E-state index in [1.54, 1.807) is 0 Å². The molecule has 2 aliphatic carbocycles. The van der Waals surface area contributed by atoms with E-state index in [2.05, 4.69) is 10.2 Å². The van der Waals surface area contributed by atoms with Crippen LogP contribution in [0.4, 0.5) is 0 Å². The van der Waals surface area contributed by atoms with E-state index in [-0.39, 0.29) is 5.60 Å². The summed E-state index contributed by atoms with van der Waals surface area (Å²) in [6.45, 7) is 3.29. The summed E-state index contributed by atoms with van der Waals surface area (Å²) >= 11 is 0. The van der Waals surface area contributed by atoms with Crippen molar-refractivity contribution in [1.82, 2.24) is 10.2 Å². The first-order chi connectivity index (χ1) is 7.75. The molecule has 1 saturated heterocycles. The first-order valence-corrected chi connectivity index (χ1v) is 6.95. The Morgan fingerprint density at radius 3 is 2.62 bits per heavy atom. The molecule has 2 saturated carbocycles. The van der Waals surface area contributed by atoms with E-state index in [0.717, 1.165) is 25.4 Å². The highest BCUT2D eigenvalue weighted by atomic mass is 16.3. The molecular formula is C13H24N2O. The third kappa shape index (κ3) is 2.41. The van der Waals surface area contributed by atoms with E-state index >= 15 is 0 Å². The van der Waals surface area contributed by atoms with Crippen molar-refractivity contribution < 1.29 is 5.11 Å². The zero-order valence-electron chi connectivity index (χ0n) is 10.1. The highest BCUT2D eigenvalue weighted by Crippen LogP contribution is 2.31. The molecule has 1 atom stereocenters.